The summed E-state index contributed by atoms with van der Waals surface area (Å²) in [5.74, 6) is 0.0171. The van der Waals surface area contributed by atoms with Crippen molar-refractivity contribution in [2.45, 2.75) is 45.1 Å². The first-order chi connectivity index (χ1) is 12.1. The van der Waals surface area contributed by atoms with E-state index in [2.05, 4.69) is 15.1 Å². The lowest BCUT2D eigenvalue weighted by Crippen LogP contribution is -2.44. The number of hydrogen-bond acceptors (Lipinski definition) is 4. The highest BCUT2D eigenvalue weighted by Crippen LogP contribution is 2.20. The molecule has 5 heteroatoms. The van der Waals surface area contributed by atoms with Crippen molar-refractivity contribution in [1.29, 1.82) is 0 Å². The number of likely N-dealkylation sites (tertiary alicyclic amines) is 2. The number of rotatable bonds is 6. The number of Topliss-reactive ketones (excluding diaryl/α,β-unsaturated/α-hetero) is 1. The first-order valence-electron chi connectivity index (χ1n) is 9.49. The van der Waals surface area contributed by atoms with Crippen LogP contribution < -0.4 is 5.32 Å². The number of hydrogen-bond donors (Lipinski definition) is 1. The Labute approximate surface area is 150 Å². The number of nitrogens with zero attached hydrogens (tertiary/aromatic N) is 2. The van der Waals surface area contributed by atoms with Crippen molar-refractivity contribution in [1.82, 2.24) is 9.80 Å². The fraction of sp³-hybridized carbons (Fsp3) is 0.600. The van der Waals surface area contributed by atoms with E-state index in [1.54, 1.807) is 18.2 Å². The molecule has 2 fully saturated rings. The third kappa shape index (κ3) is 5.13. The highest BCUT2D eigenvalue weighted by molar-refractivity contribution is 5.97. The molecule has 0 saturated carbocycles. The van der Waals surface area contributed by atoms with Crippen LogP contribution in [0.25, 0.3) is 0 Å². The summed E-state index contributed by atoms with van der Waals surface area (Å²) in [5, 5.41) is 2.94. The zero-order valence-corrected chi connectivity index (χ0v) is 15.2. The monoisotopic (exact) mass is 343 g/mol. The van der Waals surface area contributed by atoms with Gasteiger partial charge in [0.1, 0.15) is 0 Å². The van der Waals surface area contributed by atoms with Crippen molar-refractivity contribution in [2.75, 3.05) is 38.0 Å². The Morgan fingerprint density at radius 2 is 1.92 bits per heavy atom. The van der Waals surface area contributed by atoms with Crippen molar-refractivity contribution in [2.24, 2.45) is 0 Å². The fourth-order valence-electron chi connectivity index (χ4n) is 3.95. The van der Waals surface area contributed by atoms with Gasteiger partial charge in [-0.25, -0.2) is 0 Å². The molecule has 0 bridgehead atoms. The summed E-state index contributed by atoms with van der Waals surface area (Å²) in [7, 11) is 0. The zero-order valence-electron chi connectivity index (χ0n) is 15.2. The molecule has 2 heterocycles. The van der Waals surface area contributed by atoms with Gasteiger partial charge in [0.25, 0.3) is 0 Å². The molecule has 0 aliphatic carbocycles. The second kappa shape index (κ2) is 8.59. The molecule has 1 aromatic carbocycles. The molecule has 3 rings (SSSR count). The van der Waals surface area contributed by atoms with Crippen molar-refractivity contribution in [3.05, 3.63) is 29.8 Å². The van der Waals surface area contributed by atoms with Gasteiger partial charge in [-0.1, -0.05) is 18.6 Å². The molecule has 0 unspecified atom stereocenters. The highest BCUT2D eigenvalue weighted by Gasteiger charge is 2.28. The average Bonchev–Trinajstić information content (AvgIpc) is 3.02. The maximum atomic E-state index is 12.4. The number of nitrogens with one attached hydrogen (secondary N) is 1. The maximum absolute atomic E-state index is 12.4. The van der Waals surface area contributed by atoms with E-state index in [-0.39, 0.29) is 11.7 Å². The van der Waals surface area contributed by atoms with Crippen LogP contribution in [0, 0.1) is 0 Å². The lowest BCUT2D eigenvalue weighted by Gasteiger charge is -2.32. The van der Waals surface area contributed by atoms with E-state index in [0.717, 1.165) is 13.1 Å². The quantitative estimate of drug-likeness (QED) is 0.807. The van der Waals surface area contributed by atoms with E-state index >= 15 is 0 Å². The number of piperidine rings is 1. The number of benzene rings is 1. The first kappa shape index (κ1) is 18.1. The van der Waals surface area contributed by atoms with Gasteiger partial charge in [0, 0.05) is 23.8 Å². The first-order valence-corrected chi connectivity index (χ1v) is 9.49. The van der Waals surface area contributed by atoms with Crippen LogP contribution in [-0.4, -0.2) is 60.3 Å². The van der Waals surface area contributed by atoms with E-state index in [9.17, 15) is 9.59 Å². The molecule has 0 aromatic heterocycles. The lowest BCUT2D eigenvalue weighted by molar-refractivity contribution is -0.117. The van der Waals surface area contributed by atoms with Crippen molar-refractivity contribution < 1.29 is 9.59 Å². The normalized spacial score (nSPS) is 22.0. The molecule has 1 N–H and O–H groups in total. The maximum Gasteiger partial charge on any atom is 0.238 e. The molecule has 0 spiro atoms. The van der Waals surface area contributed by atoms with E-state index in [0.29, 0.717) is 23.8 Å². The van der Waals surface area contributed by atoms with Gasteiger partial charge in [0.05, 0.1) is 6.54 Å². The van der Waals surface area contributed by atoms with Crippen molar-refractivity contribution in [3.63, 3.8) is 0 Å². The van der Waals surface area contributed by atoms with Crippen molar-refractivity contribution in [3.8, 4) is 0 Å². The number of carbonyl (C=O) groups excluding carboxylic acids is 2. The number of anilines is 1. The largest absolute Gasteiger partial charge is 0.325 e. The van der Waals surface area contributed by atoms with Crippen LogP contribution in [0.2, 0.25) is 0 Å². The van der Waals surface area contributed by atoms with E-state index in [1.165, 1.54) is 52.1 Å². The minimum atomic E-state index is 0.00578. The summed E-state index contributed by atoms with van der Waals surface area (Å²) in [4.78, 5) is 28.8. The molecular formula is C20H29N3O2. The fourth-order valence-corrected chi connectivity index (χ4v) is 3.95. The number of ketones is 1. The van der Waals surface area contributed by atoms with Gasteiger partial charge in [-0.2, -0.15) is 0 Å². The molecule has 2 aliphatic heterocycles. The zero-order chi connectivity index (χ0) is 17.6. The molecule has 2 aliphatic rings. The van der Waals surface area contributed by atoms with E-state index < -0.39 is 0 Å². The number of carbonyl (C=O) groups is 2. The molecule has 0 radical (unpaired) electrons. The third-order valence-corrected chi connectivity index (χ3v) is 5.32. The highest BCUT2D eigenvalue weighted by atomic mass is 16.2. The molecule has 5 nitrogen and oxygen atoms in total. The number of amides is 1. The van der Waals surface area contributed by atoms with Crippen LogP contribution in [-0.2, 0) is 4.79 Å². The standard InChI is InChI=1S/C20H29N3O2/c1-16(24)17-7-5-8-18(13-17)21-20(25)15-23-12-6-9-19(23)14-22-10-3-2-4-11-22/h5,7-8,13,19H,2-4,6,9-12,14-15H2,1H3,(H,21,25)/t19-/m0/s1. The minimum Gasteiger partial charge on any atom is -0.325 e. The predicted octanol–water partition coefficient (Wildman–Crippen LogP) is 2.78. The predicted molar refractivity (Wildman–Crippen MR) is 100.0 cm³/mol. The Morgan fingerprint density at radius 1 is 1.12 bits per heavy atom. The van der Waals surface area contributed by atoms with Gasteiger partial charge in [-0.15, -0.1) is 0 Å². The molecule has 1 amide bonds. The summed E-state index contributed by atoms with van der Waals surface area (Å²) in [6.07, 6.45) is 6.32. The Hall–Kier alpha value is -1.72. The summed E-state index contributed by atoms with van der Waals surface area (Å²) in [5.41, 5.74) is 1.33. The van der Waals surface area contributed by atoms with Crippen LogP contribution in [0.3, 0.4) is 0 Å². The van der Waals surface area contributed by atoms with Crippen molar-refractivity contribution >= 4 is 17.4 Å². The molecule has 2 saturated heterocycles. The van der Waals surface area contributed by atoms with Gasteiger partial charge >= 0.3 is 0 Å². The second-order valence-electron chi connectivity index (χ2n) is 7.31. The van der Waals surface area contributed by atoms with Gasteiger partial charge in [-0.05, 0) is 64.4 Å². The Bertz CT molecular complexity index is 611. The van der Waals surface area contributed by atoms with Crippen LogP contribution in [0.5, 0.6) is 0 Å². The summed E-state index contributed by atoms with van der Waals surface area (Å²) in [6.45, 7) is 6.47. The van der Waals surface area contributed by atoms with Gasteiger partial charge in [0.2, 0.25) is 5.91 Å². The average molecular weight is 343 g/mol. The van der Waals surface area contributed by atoms with Crippen LogP contribution in [0.4, 0.5) is 5.69 Å². The summed E-state index contributed by atoms with van der Waals surface area (Å²) >= 11 is 0. The third-order valence-electron chi connectivity index (χ3n) is 5.32. The van der Waals surface area contributed by atoms with Crippen LogP contribution in [0.15, 0.2) is 24.3 Å². The molecule has 1 atom stereocenters. The Balaban J connectivity index is 1.52. The van der Waals surface area contributed by atoms with Crippen LogP contribution in [0.1, 0.15) is 49.4 Å². The van der Waals surface area contributed by atoms with E-state index in [1.807, 2.05) is 6.07 Å². The van der Waals surface area contributed by atoms with Gasteiger partial charge in [-0.3, -0.25) is 14.5 Å². The Morgan fingerprint density at radius 3 is 2.68 bits per heavy atom. The topological polar surface area (TPSA) is 52.7 Å². The van der Waals surface area contributed by atoms with Gasteiger partial charge < -0.3 is 10.2 Å². The summed E-state index contributed by atoms with van der Waals surface area (Å²) in [6, 6.07) is 7.65. The lowest BCUT2D eigenvalue weighted by atomic mass is 10.1. The Kier molecular flexibility index (Phi) is 6.21. The molecule has 136 valence electrons. The summed E-state index contributed by atoms with van der Waals surface area (Å²) < 4.78 is 0. The smallest absolute Gasteiger partial charge is 0.238 e. The molecular weight excluding hydrogens is 314 g/mol. The SMILES string of the molecule is CC(=O)c1cccc(NC(=O)CN2CCC[C@H]2CN2CCCCC2)c1. The van der Waals surface area contributed by atoms with Crippen LogP contribution >= 0.6 is 0 Å². The minimum absolute atomic E-state index is 0.00578. The van der Waals surface area contributed by atoms with E-state index in [4.69, 9.17) is 0 Å². The molecule has 1 aromatic rings. The second-order valence-corrected chi connectivity index (χ2v) is 7.31. The van der Waals surface area contributed by atoms with Gasteiger partial charge in [0.15, 0.2) is 5.78 Å². The molecule has 25 heavy (non-hydrogen) atoms.